The number of nitrogens with zero attached hydrogens (tertiary/aromatic N) is 2. The third-order valence-electron chi connectivity index (χ3n) is 5.84. The zero-order valence-corrected chi connectivity index (χ0v) is 14.6. The van der Waals surface area contributed by atoms with Crippen molar-refractivity contribution >= 4 is 0 Å². The van der Waals surface area contributed by atoms with Gasteiger partial charge in [-0.2, -0.15) is 0 Å². The summed E-state index contributed by atoms with van der Waals surface area (Å²) < 4.78 is 0. The first-order valence-electron chi connectivity index (χ1n) is 9.23. The molecule has 2 N–H and O–H groups in total. The average molecular weight is 296 g/mol. The van der Waals surface area contributed by atoms with Crippen LogP contribution in [0.15, 0.2) is 0 Å². The summed E-state index contributed by atoms with van der Waals surface area (Å²) in [5.74, 6) is 0.789. The molecule has 2 fully saturated rings. The molecular weight excluding hydrogens is 258 g/mol. The largest absolute Gasteiger partial charge is 0.329 e. The molecule has 0 aromatic rings. The molecule has 3 nitrogen and oxygen atoms in total. The molecule has 1 saturated heterocycles. The van der Waals surface area contributed by atoms with Crippen LogP contribution in [0.1, 0.15) is 65.2 Å². The van der Waals surface area contributed by atoms with Gasteiger partial charge in [0.05, 0.1) is 0 Å². The molecule has 0 aromatic carbocycles. The Kier molecular flexibility index (Phi) is 6.51. The predicted octanol–water partition coefficient (Wildman–Crippen LogP) is 3.09. The van der Waals surface area contributed by atoms with Crippen LogP contribution in [0.4, 0.5) is 0 Å². The van der Waals surface area contributed by atoms with Gasteiger partial charge in [0.2, 0.25) is 0 Å². The van der Waals surface area contributed by atoms with E-state index in [1.807, 2.05) is 0 Å². The molecule has 1 aliphatic carbocycles. The Balaban J connectivity index is 2.13. The summed E-state index contributed by atoms with van der Waals surface area (Å²) >= 11 is 0. The molecule has 1 unspecified atom stereocenters. The van der Waals surface area contributed by atoms with Gasteiger partial charge in [0.25, 0.3) is 0 Å². The first-order chi connectivity index (χ1) is 10.1. The first-order valence-corrected chi connectivity index (χ1v) is 9.23. The highest BCUT2D eigenvalue weighted by molar-refractivity contribution is 4.98. The molecule has 0 bridgehead atoms. The Morgan fingerprint density at radius 3 is 2.48 bits per heavy atom. The summed E-state index contributed by atoms with van der Waals surface area (Å²) in [7, 11) is 2.26. The van der Waals surface area contributed by atoms with Gasteiger partial charge in [-0.25, -0.2) is 0 Å². The molecule has 2 aliphatic rings. The Bertz CT molecular complexity index is 299. The fourth-order valence-electron chi connectivity index (χ4n) is 4.34. The molecule has 124 valence electrons. The Hall–Kier alpha value is -0.120. The monoisotopic (exact) mass is 295 g/mol. The lowest BCUT2D eigenvalue weighted by Crippen LogP contribution is -2.58. The van der Waals surface area contributed by atoms with Gasteiger partial charge >= 0.3 is 0 Å². The fourth-order valence-corrected chi connectivity index (χ4v) is 4.34. The van der Waals surface area contributed by atoms with Gasteiger partial charge in [0.1, 0.15) is 0 Å². The highest BCUT2D eigenvalue weighted by Crippen LogP contribution is 2.35. The summed E-state index contributed by atoms with van der Waals surface area (Å²) in [6.07, 6.45) is 10.8. The van der Waals surface area contributed by atoms with Gasteiger partial charge in [-0.1, -0.05) is 26.7 Å². The zero-order valence-electron chi connectivity index (χ0n) is 14.6. The van der Waals surface area contributed by atoms with Crippen molar-refractivity contribution in [2.45, 2.75) is 76.8 Å². The molecule has 0 aromatic heterocycles. The zero-order chi connectivity index (χ0) is 15.3. The second-order valence-corrected chi connectivity index (χ2v) is 7.90. The van der Waals surface area contributed by atoms with Crippen LogP contribution in [0.5, 0.6) is 0 Å². The summed E-state index contributed by atoms with van der Waals surface area (Å²) in [5, 5.41) is 0. The lowest BCUT2D eigenvalue weighted by atomic mass is 9.86. The summed E-state index contributed by atoms with van der Waals surface area (Å²) in [5.41, 5.74) is 6.64. The van der Waals surface area contributed by atoms with Gasteiger partial charge in [0.15, 0.2) is 0 Å². The van der Waals surface area contributed by atoms with Crippen molar-refractivity contribution in [3.05, 3.63) is 0 Å². The van der Waals surface area contributed by atoms with Crippen LogP contribution in [-0.2, 0) is 0 Å². The van der Waals surface area contributed by atoms with Gasteiger partial charge in [0, 0.05) is 18.1 Å². The first kappa shape index (κ1) is 17.2. The van der Waals surface area contributed by atoms with Crippen molar-refractivity contribution in [3.63, 3.8) is 0 Å². The van der Waals surface area contributed by atoms with Crippen molar-refractivity contribution < 1.29 is 0 Å². The second kappa shape index (κ2) is 7.94. The number of hydrogen-bond donors (Lipinski definition) is 1. The maximum absolute atomic E-state index is 6.37. The molecular formula is C18H37N3. The number of hydrogen-bond acceptors (Lipinski definition) is 3. The number of nitrogens with two attached hydrogens (primary N) is 1. The van der Waals surface area contributed by atoms with Gasteiger partial charge in [-0.3, -0.25) is 4.90 Å². The van der Waals surface area contributed by atoms with E-state index in [0.717, 1.165) is 18.5 Å². The van der Waals surface area contributed by atoms with Crippen LogP contribution < -0.4 is 5.73 Å². The van der Waals surface area contributed by atoms with Crippen molar-refractivity contribution in [1.29, 1.82) is 0 Å². The lowest BCUT2D eigenvalue weighted by Gasteiger charge is -2.47. The van der Waals surface area contributed by atoms with E-state index < -0.39 is 0 Å². The van der Waals surface area contributed by atoms with Gasteiger partial charge < -0.3 is 10.6 Å². The Morgan fingerprint density at radius 2 is 1.86 bits per heavy atom. The fraction of sp³-hybridized carbons (Fsp3) is 1.00. The van der Waals surface area contributed by atoms with E-state index in [-0.39, 0.29) is 5.54 Å². The molecule has 0 spiro atoms. The molecule has 2 rings (SSSR count). The predicted molar refractivity (Wildman–Crippen MR) is 91.6 cm³/mol. The Morgan fingerprint density at radius 1 is 1.14 bits per heavy atom. The van der Waals surface area contributed by atoms with E-state index in [1.165, 1.54) is 71.0 Å². The van der Waals surface area contributed by atoms with E-state index in [9.17, 15) is 0 Å². The molecule has 3 heteroatoms. The lowest BCUT2D eigenvalue weighted by molar-refractivity contribution is 0.0331. The van der Waals surface area contributed by atoms with Crippen molar-refractivity contribution in [1.82, 2.24) is 9.80 Å². The van der Waals surface area contributed by atoms with E-state index in [0.29, 0.717) is 0 Å². The highest BCUT2D eigenvalue weighted by Gasteiger charge is 2.40. The van der Waals surface area contributed by atoms with Crippen molar-refractivity contribution in [2.24, 2.45) is 11.7 Å². The minimum atomic E-state index is 0.272. The van der Waals surface area contributed by atoms with Crippen molar-refractivity contribution in [2.75, 3.05) is 33.2 Å². The quantitative estimate of drug-likeness (QED) is 0.817. The number of rotatable bonds is 6. The van der Waals surface area contributed by atoms with Crippen LogP contribution in [-0.4, -0.2) is 54.6 Å². The SMILES string of the molecule is CC(C)CCN(C1CCCC1)C1(CN)CCCN(C)CC1. The van der Waals surface area contributed by atoms with Crippen LogP contribution in [0.3, 0.4) is 0 Å². The summed E-state index contributed by atoms with van der Waals surface area (Å²) in [6.45, 7) is 9.25. The van der Waals surface area contributed by atoms with Crippen LogP contribution in [0.25, 0.3) is 0 Å². The minimum Gasteiger partial charge on any atom is -0.329 e. The van der Waals surface area contributed by atoms with Gasteiger partial charge in [-0.05, 0) is 71.1 Å². The van der Waals surface area contributed by atoms with Crippen LogP contribution in [0.2, 0.25) is 0 Å². The molecule has 0 radical (unpaired) electrons. The Labute approximate surface area is 132 Å². The van der Waals surface area contributed by atoms with Gasteiger partial charge in [-0.15, -0.1) is 0 Å². The van der Waals surface area contributed by atoms with Crippen molar-refractivity contribution in [3.8, 4) is 0 Å². The molecule has 1 aliphatic heterocycles. The molecule has 1 atom stereocenters. The third kappa shape index (κ3) is 4.43. The highest BCUT2D eigenvalue weighted by atomic mass is 15.2. The summed E-state index contributed by atoms with van der Waals surface area (Å²) in [4.78, 5) is 5.37. The smallest absolute Gasteiger partial charge is 0.0347 e. The second-order valence-electron chi connectivity index (χ2n) is 7.90. The minimum absolute atomic E-state index is 0.272. The van der Waals surface area contributed by atoms with Crippen LogP contribution in [0, 0.1) is 5.92 Å². The topological polar surface area (TPSA) is 32.5 Å². The van der Waals surface area contributed by atoms with Crippen LogP contribution >= 0.6 is 0 Å². The average Bonchev–Trinajstić information content (AvgIpc) is 2.90. The maximum atomic E-state index is 6.37. The normalized spacial score (nSPS) is 29.4. The molecule has 0 amide bonds. The standard InChI is InChI=1S/C18H37N3/c1-16(2)9-13-21(17-7-4-5-8-17)18(15-19)10-6-12-20(3)14-11-18/h16-17H,4-15,19H2,1-3H3. The molecule has 1 saturated carbocycles. The molecule has 21 heavy (non-hydrogen) atoms. The van der Waals surface area contributed by atoms with E-state index in [2.05, 4.69) is 30.7 Å². The maximum Gasteiger partial charge on any atom is 0.0347 e. The van der Waals surface area contributed by atoms with E-state index in [1.54, 1.807) is 0 Å². The number of likely N-dealkylation sites (tertiary alicyclic amines) is 1. The summed E-state index contributed by atoms with van der Waals surface area (Å²) in [6, 6.07) is 0.802. The van der Waals surface area contributed by atoms with E-state index >= 15 is 0 Å². The third-order valence-corrected chi connectivity index (χ3v) is 5.84. The van der Waals surface area contributed by atoms with E-state index in [4.69, 9.17) is 5.73 Å². The molecule has 1 heterocycles.